The van der Waals surface area contributed by atoms with Crippen molar-refractivity contribution in [1.29, 1.82) is 0 Å². The van der Waals surface area contributed by atoms with Crippen LogP contribution in [-0.2, 0) is 6.54 Å². The van der Waals surface area contributed by atoms with Crippen LogP contribution in [0.5, 0.6) is 5.75 Å². The van der Waals surface area contributed by atoms with E-state index in [4.69, 9.17) is 16.3 Å². The fourth-order valence-electron chi connectivity index (χ4n) is 2.35. The number of halogens is 2. The third-order valence-corrected chi connectivity index (χ3v) is 5.77. The molecule has 28 heavy (non-hydrogen) atoms. The first kappa shape index (κ1) is 20.3. The van der Waals surface area contributed by atoms with Gasteiger partial charge in [-0.3, -0.25) is 14.2 Å². The predicted molar refractivity (Wildman–Crippen MR) is 115 cm³/mol. The molecule has 0 saturated heterocycles. The van der Waals surface area contributed by atoms with E-state index in [2.05, 4.69) is 26.5 Å². The number of benzene rings is 2. The van der Waals surface area contributed by atoms with E-state index >= 15 is 0 Å². The summed E-state index contributed by atoms with van der Waals surface area (Å²) in [5.74, 6) is 0.278. The summed E-state index contributed by atoms with van der Waals surface area (Å²) in [4.78, 5) is 24.6. The van der Waals surface area contributed by atoms with E-state index in [0.29, 0.717) is 22.7 Å². The largest absolute Gasteiger partial charge is 0.497 e. The SMILES string of the molecule is COc1ccc(C(=O)N/N=C\c2sc(=O)n(Cc3ccc(Br)cc3)c2Cl)cc1. The number of hydrogen-bond donors (Lipinski definition) is 1. The Kier molecular flexibility index (Phi) is 6.66. The number of carbonyl (C=O) groups is 1. The number of aromatic nitrogens is 1. The highest BCUT2D eigenvalue weighted by Crippen LogP contribution is 2.19. The molecule has 0 fully saturated rings. The second-order valence-electron chi connectivity index (χ2n) is 5.66. The van der Waals surface area contributed by atoms with Crippen LogP contribution in [0.15, 0.2) is 62.9 Å². The molecule has 0 aliphatic heterocycles. The molecule has 0 aliphatic carbocycles. The second kappa shape index (κ2) is 9.18. The Hall–Kier alpha value is -2.42. The molecule has 6 nitrogen and oxygen atoms in total. The monoisotopic (exact) mass is 479 g/mol. The van der Waals surface area contributed by atoms with Crippen molar-refractivity contribution in [2.45, 2.75) is 6.54 Å². The minimum absolute atomic E-state index is 0.198. The van der Waals surface area contributed by atoms with Gasteiger partial charge in [-0.15, -0.1) is 0 Å². The fraction of sp³-hybridized carbons (Fsp3) is 0.105. The van der Waals surface area contributed by atoms with E-state index in [9.17, 15) is 9.59 Å². The lowest BCUT2D eigenvalue weighted by Crippen LogP contribution is -2.17. The number of rotatable bonds is 6. The second-order valence-corrected chi connectivity index (χ2v) is 7.93. The van der Waals surface area contributed by atoms with Crippen LogP contribution in [0.25, 0.3) is 0 Å². The van der Waals surface area contributed by atoms with E-state index in [1.807, 2.05) is 24.3 Å². The van der Waals surface area contributed by atoms with Crippen LogP contribution in [0, 0.1) is 0 Å². The lowest BCUT2D eigenvalue weighted by atomic mass is 10.2. The Morgan fingerprint density at radius 3 is 2.57 bits per heavy atom. The van der Waals surface area contributed by atoms with Crippen LogP contribution in [0.3, 0.4) is 0 Å². The smallest absolute Gasteiger partial charge is 0.309 e. The molecule has 0 atom stereocenters. The van der Waals surface area contributed by atoms with Crippen LogP contribution in [0.2, 0.25) is 5.15 Å². The summed E-state index contributed by atoms with van der Waals surface area (Å²) in [6, 6.07) is 14.2. The van der Waals surface area contributed by atoms with Crippen molar-refractivity contribution >= 4 is 51.0 Å². The average molecular weight is 481 g/mol. The highest BCUT2D eigenvalue weighted by atomic mass is 79.9. The molecule has 144 valence electrons. The number of amides is 1. The van der Waals surface area contributed by atoms with E-state index in [-0.39, 0.29) is 15.9 Å². The Bertz CT molecular complexity index is 1060. The Balaban J connectivity index is 1.69. The van der Waals surface area contributed by atoms with Crippen LogP contribution in [0.1, 0.15) is 20.8 Å². The number of carbonyl (C=O) groups excluding carboxylic acids is 1. The lowest BCUT2D eigenvalue weighted by Gasteiger charge is -2.04. The molecule has 0 saturated carbocycles. The van der Waals surface area contributed by atoms with Gasteiger partial charge in [0.1, 0.15) is 10.9 Å². The van der Waals surface area contributed by atoms with Gasteiger partial charge in [-0.2, -0.15) is 5.10 Å². The molecule has 3 rings (SSSR count). The van der Waals surface area contributed by atoms with Gasteiger partial charge in [0.25, 0.3) is 5.91 Å². The third-order valence-electron chi connectivity index (χ3n) is 3.81. The van der Waals surface area contributed by atoms with Gasteiger partial charge in [0, 0.05) is 10.0 Å². The predicted octanol–water partition coefficient (Wildman–Crippen LogP) is 4.15. The number of nitrogens with zero attached hydrogens (tertiary/aromatic N) is 2. The molecule has 1 heterocycles. The number of nitrogens with one attached hydrogen (secondary N) is 1. The molecule has 1 N–H and O–H groups in total. The maximum Gasteiger partial charge on any atom is 0.309 e. The van der Waals surface area contributed by atoms with Gasteiger partial charge in [0.2, 0.25) is 0 Å². The van der Waals surface area contributed by atoms with Gasteiger partial charge in [-0.05, 0) is 42.0 Å². The van der Waals surface area contributed by atoms with E-state index < -0.39 is 0 Å². The summed E-state index contributed by atoms with van der Waals surface area (Å²) < 4.78 is 7.47. The molecule has 0 spiro atoms. The molecule has 0 radical (unpaired) electrons. The molecular formula is C19H15BrClN3O3S. The number of thiazole rings is 1. The minimum atomic E-state index is -0.378. The van der Waals surface area contributed by atoms with Crippen molar-refractivity contribution in [3.63, 3.8) is 0 Å². The fourth-order valence-corrected chi connectivity index (χ4v) is 3.72. The summed E-state index contributed by atoms with van der Waals surface area (Å²) in [7, 11) is 1.55. The van der Waals surface area contributed by atoms with Gasteiger partial charge in [0.15, 0.2) is 0 Å². The molecule has 9 heteroatoms. The highest BCUT2D eigenvalue weighted by Gasteiger charge is 2.12. The Morgan fingerprint density at radius 2 is 1.93 bits per heavy atom. The van der Waals surface area contributed by atoms with Crippen LogP contribution >= 0.6 is 38.9 Å². The Labute approximate surface area is 178 Å². The first-order valence-corrected chi connectivity index (χ1v) is 10.1. The zero-order valence-corrected chi connectivity index (χ0v) is 17.8. The van der Waals surface area contributed by atoms with Crippen molar-refractivity contribution < 1.29 is 9.53 Å². The van der Waals surface area contributed by atoms with Gasteiger partial charge in [0.05, 0.1) is 24.7 Å². The molecule has 0 bridgehead atoms. The normalized spacial score (nSPS) is 11.0. The molecule has 1 amide bonds. The summed E-state index contributed by atoms with van der Waals surface area (Å²) >= 11 is 10.7. The van der Waals surface area contributed by atoms with Gasteiger partial charge in [-0.1, -0.05) is 51.0 Å². The third kappa shape index (κ3) is 4.89. The molecule has 0 unspecified atom stereocenters. The quantitative estimate of drug-likeness (QED) is 0.426. The summed E-state index contributed by atoms with van der Waals surface area (Å²) in [6.07, 6.45) is 1.37. The van der Waals surface area contributed by atoms with Crippen molar-refractivity contribution in [1.82, 2.24) is 9.99 Å². The van der Waals surface area contributed by atoms with Gasteiger partial charge < -0.3 is 4.74 Å². The first-order chi connectivity index (χ1) is 13.5. The summed E-state index contributed by atoms with van der Waals surface area (Å²) in [5, 5.41) is 4.18. The number of methoxy groups -OCH3 is 1. The summed E-state index contributed by atoms with van der Waals surface area (Å²) in [6.45, 7) is 0.355. The maximum atomic E-state index is 12.2. The standard InChI is InChI=1S/C19H15BrClN3O3S/c1-27-15-8-4-13(5-9-15)18(25)23-22-10-16-17(21)24(19(26)28-16)11-12-2-6-14(20)7-3-12/h2-10H,11H2,1H3,(H,23,25)/b22-10-. The van der Waals surface area contributed by atoms with Gasteiger partial charge >= 0.3 is 4.87 Å². The molecule has 0 aliphatic rings. The molecule has 1 aromatic heterocycles. The number of ether oxygens (including phenoxy) is 1. The van der Waals surface area contributed by atoms with Crippen molar-refractivity contribution in [2.24, 2.45) is 5.10 Å². The maximum absolute atomic E-state index is 12.2. The van der Waals surface area contributed by atoms with Crippen LogP contribution < -0.4 is 15.0 Å². The zero-order chi connectivity index (χ0) is 20.1. The van der Waals surface area contributed by atoms with Crippen LogP contribution in [-0.4, -0.2) is 23.8 Å². The topological polar surface area (TPSA) is 72.7 Å². The van der Waals surface area contributed by atoms with Crippen molar-refractivity contribution in [2.75, 3.05) is 7.11 Å². The summed E-state index contributed by atoms with van der Waals surface area (Å²) in [5.41, 5.74) is 3.80. The van der Waals surface area contributed by atoms with E-state index in [1.165, 1.54) is 10.8 Å². The molecular weight excluding hydrogens is 466 g/mol. The number of hydrogen-bond acceptors (Lipinski definition) is 5. The van der Waals surface area contributed by atoms with Gasteiger partial charge in [-0.25, -0.2) is 5.43 Å². The van der Waals surface area contributed by atoms with Crippen molar-refractivity contribution in [3.8, 4) is 5.75 Å². The highest BCUT2D eigenvalue weighted by molar-refractivity contribution is 9.10. The molecule has 2 aromatic carbocycles. The Morgan fingerprint density at radius 1 is 1.25 bits per heavy atom. The van der Waals surface area contributed by atoms with E-state index in [1.54, 1.807) is 31.4 Å². The first-order valence-electron chi connectivity index (χ1n) is 8.09. The molecule has 3 aromatic rings. The van der Waals surface area contributed by atoms with Crippen molar-refractivity contribution in [3.05, 3.63) is 83.8 Å². The average Bonchev–Trinajstić information content (AvgIpc) is 2.97. The zero-order valence-electron chi connectivity index (χ0n) is 14.7. The number of hydrazone groups is 1. The minimum Gasteiger partial charge on any atom is -0.497 e. The van der Waals surface area contributed by atoms with Crippen LogP contribution in [0.4, 0.5) is 0 Å². The van der Waals surface area contributed by atoms with E-state index in [0.717, 1.165) is 21.4 Å². The lowest BCUT2D eigenvalue weighted by molar-refractivity contribution is 0.0955.